The molecule has 5 heteroatoms. The first-order valence-electron chi connectivity index (χ1n) is 6.72. The van der Waals surface area contributed by atoms with Gasteiger partial charge in [0.05, 0.1) is 12.4 Å². The molecule has 0 aliphatic heterocycles. The molecule has 0 spiro atoms. The van der Waals surface area contributed by atoms with E-state index in [4.69, 9.17) is 4.18 Å². The van der Waals surface area contributed by atoms with Gasteiger partial charge < -0.3 is 1.43 Å². The molecule has 0 aromatic carbocycles. The molecule has 0 heterocycles. The molecule has 0 bridgehead atoms. The van der Waals surface area contributed by atoms with Crippen molar-refractivity contribution in [2.45, 2.75) is 52.9 Å². The Morgan fingerprint density at radius 3 is 2.42 bits per heavy atom. The third-order valence-corrected chi connectivity index (χ3v) is 4.24. The van der Waals surface area contributed by atoms with Gasteiger partial charge in [-0.25, -0.2) is 0 Å². The summed E-state index contributed by atoms with van der Waals surface area (Å²) in [7, 11) is -3.42. The molecule has 1 atom stereocenters. The van der Waals surface area contributed by atoms with Crippen LogP contribution in [0.3, 0.4) is 0 Å². The second-order valence-corrected chi connectivity index (χ2v) is 6.29. The topological polar surface area (TPSA) is 43.4 Å². The van der Waals surface area contributed by atoms with Crippen LogP contribution in [0.25, 0.3) is 0 Å². The molecule has 0 aliphatic rings. The van der Waals surface area contributed by atoms with Gasteiger partial charge >= 0.3 is 29.6 Å². The van der Waals surface area contributed by atoms with Gasteiger partial charge in [-0.15, -0.1) is 5.73 Å². The summed E-state index contributed by atoms with van der Waals surface area (Å²) in [6.45, 7) is 9.93. The Kier molecular flexibility index (Phi) is 13.9. The van der Waals surface area contributed by atoms with Crippen molar-refractivity contribution in [3.05, 3.63) is 17.9 Å². The molecule has 0 N–H and O–H groups in total. The largest absolute Gasteiger partial charge is 1.00 e. The van der Waals surface area contributed by atoms with Crippen molar-refractivity contribution >= 4 is 10.1 Å². The second kappa shape index (κ2) is 12.2. The maximum absolute atomic E-state index is 11.7. The number of hydrogen-bond acceptors (Lipinski definition) is 3. The van der Waals surface area contributed by atoms with Gasteiger partial charge in [-0.05, 0) is 18.4 Å². The zero-order valence-electron chi connectivity index (χ0n) is 13.9. The van der Waals surface area contributed by atoms with E-state index in [-0.39, 0.29) is 42.7 Å². The molecule has 0 amide bonds. The Hall–Kier alpha value is 0.430. The van der Waals surface area contributed by atoms with Gasteiger partial charge in [0.25, 0.3) is 10.1 Å². The van der Waals surface area contributed by atoms with Crippen LogP contribution in [0.4, 0.5) is 0 Å². The molecular formula is C14H27NaO3S. The van der Waals surface area contributed by atoms with Crippen molar-refractivity contribution in [1.29, 1.82) is 0 Å². The summed E-state index contributed by atoms with van der Waals surface area (Å²) in [6, 6.07) is 0. The SMILES string of the molecule is C=C=C(CCC)C(C)CS(=O)(=O)OCCCCC.[H-].[Na+]. The van der Waals surface area contributed by atoms with Gasteiger partial charge in [0.2, 0.25) is 0 Å². The molecule has 19 heavy (non-hydrogen) atoms. The van der Waals surface area contributed by atoms with Gasteiger partial charge in [-0.3, -0.25) is 4.18 Å². The van der Waals surface area contributed by atoms with Crippen molar-refractivity contribution < 1.29 is 43.6 Å². The Labute approximate surface area is 142 Å². The minimum atomic E-state index is -3.42. The van der Waals surface area contributed by atoms with Crippen molar-refractivity contribution in [1.82, 2.24) is 0 Å². The fraction of sp³-hybridized carbons (Fsp3) is 0.786. The molecule has 1 unspecified atom stereocenters. The predicted octanol–water partition coefficient (Wildman–Crippen LogP) is 0.787. The summed E-state index contributed by atoms with van der Waals surface area (Å²) < 4.78 is 28.5. The number of rotatable bonds is 10. The van der Waals surface area contributed by atoms with Crippen LogP contribution in [-0.2, 0) is 14.3 Å². The summed E-state index contributed by atoms with van der Waals surface area (Å²) >= 11 is 0. The van der Waals surface area contributed by atoms with Crippen LogP contribution in [0, 0.1) is 5.92 Å². The van der Waals surface area contributed by atoms with E-state index in [9.17, 15) is 8.42 Å². The summed E-state index contributed by atoms with van der Waals surface area (Å²) in [5, 5.41) is 0. The van der Waals surface area contributed by atoms with Gasteiger partial charge in [-0.1, -0.05) is 46.6 Å². The van der Waals surface area contributed by atoms with Crippen molar-refractivity contribution in [2.24, 2.45) is 5.92 Å². The molecule has 0 aromatic rings. The van der Waals surface area contributed by atoms with Crippen LogP contribution in [0.5, 0.6) is 0 Å². The first-order chi connectivity index (χ1) is 8.46. The minimum Gasteiger partial charge on any atom is -1.00 e. The monoisotopic (exact) mass is 298 g/mol. The van der Waals surface area contributed by atoms with E-state index in [1.54, 1.807) is 0 Å². The van der Waals surface area contributed by atoms with E-state index in [2.05, 4.69) is 26.2 Å². The van der Waals surface area contributed by atoms with E-state index < -0.39 is 10.1 Å². The van der Waals surface area contributed by atoms with Gasteiger partial charge in [-0.2, -0.15) is 8.42 Å². The molecule has 0 saturated heterocycles. The van der Waals surface area contributed by atoms with E-state index in [1.807, 2.05) is 6.92 Å². The number of unbranched alkanes of at least 4 members (excludes halogenated alkanes) is 2. The summed E-state index contributed by atoms with van der Waals surface area (Å²) in [5.41, 5.74) is 3.82. The van der Waals surface area contributed by atoms with Gasteiger partial charge in [0.15, 0.2) is 0 Å². The summed E-state index contributed by atoms with van der Waals surface area (Å²) in [4.78, 5) is 0. The molecule has 0 rings (SSSR count). The normalized spacial score (nSPS) is 12.4. The van der Waals surface area contributed by atoms with Crippen molar-refractivity contribution in [3.63, 3.8) is 0 Å². The van der Waals surface area contributed by atoms with Crippen LogP contribution in [0.2, 0.25) is 0 Å². The standard InChI is InChI=1S/C14H26O3S.Na.H/c1-5-8-9-11-17-18(15,16)12-13(4)14(7-3)10-6-2;;/h13H,3,5-6,8-12H2,1-2,4H3;;/q;+1;-1. The molecule has 0 radical (unpaired) electrons. The molecular weight excluding hydrogens is 271 g/mol. The first kappa shape index (κ1) is 21.7. The van der Waals surface area contributed by atoms with E-state index in [0.29, 0.717) is 6.61 Å². The second-order valence-electron chi connectivity index (χ2n) is 4.61. The molecule has 108 valence electrons. The maximum atomic E-state index is 11.7. The van der Waals surface area contributed by atoms with Gasteiger partial charge in [0, 0.05) is 5.92 Å². The number of allylic oxidation sites excluding steroid dienone is 1. The van der Waals surface area contributed by atoms with Crippen LogP contribution in [-0.4, -0.2) is 20.8 Å². The third kappa shape index (κ3) is 10.8. The summed E-state index contributed by atoms with van der Waals surface area (Å²) in [6.07, 6.45) is 4.66. The Balaban J connectivity index is -0.00000144. The predicted molar refractivity (Wildman–Crippen MR) is 77.1 cm³/mol. The van der Waals surface area contributed by atoms with E-state index in [0.717, 1.165) is 37.7 Å². The number of hydrogen-bond donors (Lipinski definition) is 0. The molecule has 0 saturated carbocycles. The third-order valence-electron chi connectivity index (χ3n) is 2.81. The van der Waals surface area contributed by atoms with Gasteiger partial charge in [0.1, 0.15) is 0 Å². The Morgan fingerprint density at radius 1 is 1.32 bits per heavy atom. The van der Waals surface area contributed by atoms with Crippen molar-refractivity contribution in [2.75, 3.05) is 12.4 Å². The Morgan fingerprint density at radius 2 is 1.95 bits per heavy atom. The van der Waals surface area contributed by atoms with Crippen LogP contribution in [0.1, 0.15) is 54.3 Å². The summed E-state index contributed by atoms with van der Waals surface area (Å²) in [5.74, 6) is -0.0459. The fourth-order valence-electron chi connectivity index (χ4n) is 1.77. The fourth-order valence-corrected chi connectivity index (χ4v) is 3.05. The molecule has 0 aromatic heterocycles. The van der Waals surface area contributed by atoms with E-state index in [1.165, 1.54) is 0 Å². The Bertz CT molecular complexity index is 376. The van der Waals surface area contributed by atoms with Crippen LogP contribution < -0.4 is 29.6 Å². The van der Waals surface area contributed by atoms with E-state index >= 15 is 0 Å². The average molecular weight is 298 g/mol. The quantitative estimate of drug-likeness (QED) is 0.259. The minimum absolute atomic E-state index is 0. The average Bonchev–Trinajstić information content (AvgIpc) is 2.31. The maximum Gasteiger partial charge on any atom is 1.00 e. The molecule has 0 fully saturated rings. The first-order valence-corrected chi connectivity index (χ1v) is 8.30. The molecule has 3 nitrogen and oxygen atoms in total. The zero-order valence-corrected chi connectivity index (χ0v) is 15.7. The zero-order chi connectivity index (χ0) is 14.0. The van der Waals surface area contributed by atoms with Crippen LogP contribution >= 0.6 is 0 Å². The van der Waals surface area contributed by atoms with Crippen molar-refractivity contribution in [3.8, 4) is 0 Å². The van der Waals surface area contributed by atoms with Crippen LogP contribution in [0.15, 0.2) is 17.9 Å². The smallest absolute Gasteiger partial charge is 1.00 e. The molecule has 0 aliphatic carbocycles.